The Bertz CT molecular complexity index is 170. The van der Waals surface area contributed by atoms with Crippen LogP contribution in [-0.4, -0.2) is 31.9 Å². The standard InChI is InChI=1S/C9H17F3N2/c1-7-4-8(14-5-7)2-3-13-6-9(10,11)12/h7-8,13-14H,2-6H2,1H3. The van der Waals surface area contributed by atoms with Gasteiger partial charge in [-0.15, -0.1) is 0 Å². The van der Waals surface area contributed by atoms with Gasteiger partial charge in [-0.3, -0.25) is 0 Å². The van der Waals surface area contributed by atoms with E-state index in [1.165, 1.54) is 0 Å². The summed E-state index contributed by atoms with van der Waals surface area (Å²) in [7, 11) is 0. The van der Waals surface area contributed by atoms with Crippen molar-refractivity contribution in [3.63, 3.8) is 0 Å². The van der Waals surface area contributed by atoms with E-state index in [2.05, 4.69) is 17.6 Å². The zero-order valence-corrected chi connectivity index (χ0v) is 8.32. The Morgan fingerprint density at radius 3 is 2.64 bits per heavy atom. The van der Waals surface area contributed by atoms with Gasteiger partial charge in [0.15, 0.2) is 0 Å². The second-order valence-corrected chi connectivity index (χ2v) is 4.03. The lowest BCUT2D eigenvalue weighted by atomic mass is 10.1. The highest BCUT2D eigenvalue weighted by molar-refractivity contribution is 4.79. The normalized spacial score (nSPS) is 28.3. The van der Waals surface area contributed by atoms with Gasteiger partial charge < -0.3 is 10.6 Å². The van der Waals surface area contributed by atoms with Crippen LogP contribution in [0.2, 0.25) is 0 Å². The Hall–Kier alpha value is -0.290. The van der Waals surface area contributed by atoms with Crippen LogP contribution < -0.4 is 10.6 Å². The topological polar surface area (TPSA) is 24.1 Å². The van der Waals surface area contributed by atoms with E-state index in [-0.39, 0.29) is 0 Å². The number of nitrogens with one attached hydrogen (secondary N) is 2. The molecule has 0 aromatic carbocycles. The number of rotatable bonds is 4. The van der Waals surface area contributed by atoms with Gasteiger partial charge in [-0.1, -0.05) is 6.92 Å². The smallest absolute Gasteiger partial charge is 0.314 e. The Morgan fingerprint density at radius 2 is 2.14 bits per heavy atom. The van der Waals surface area contributed by atoms with Gasteiger partial charge in [0, 0.05) is 6.04 Å². The lowest BCUT2D eigenvalue weighted by Gasteiger charge is -2.12. The summed E-state index contributed by atoms with van der Waals surface area (Å²) in [6.07, 6.45) is -2.23. The summed E-state index contributed by atoms with van der Waals surface area (Å²) in [5.74, 6) is 0.655. The molecule has 0 radical (unpaired) electrons. The average molecular weight is 210 g/mol. The fourth-order valence-electron chi connectivity index (χ4n) is 1.75. The largest absolute Gasteiger partial charge is 0.401 e. The van der Waals surface area contributed by atoms with E-state index in [1.807, 2.05) is 0 Å². The van der Waals surface area contributed by atoms with Gasteiger partial charge in [0.25, 0.3) is 0 Å². The molecule has 2 unspecified atom stereocenters. The molecule has 2 N–H and O–H groups in total. The summed E-state index contributed by atoms with van der Waals surface area (Å²) in [6.45, 7) is 2.69. The van der Waals surface area contributed by atoms with Crippen molar-refractivity contribution in [1.29, 1.82) is 0 Å². The molecule has 0 bridgehead atoms. The summed E-state index contributed by atoms with van der Waals surface area (Å²) < 4.78 is 35.2. The molecule has 84 valence electrons. The molecule has 14 heavy (non-hydrogen) atoms. The fourth-order valence-corrected chi connectivity index (χ4v) is 1.75. The molecule has 0 saturated carbocycles. The first-order valence-electron chi connectivity index (χ1n) is 4.98. The van der Waals surface area contributed by atoms with Gasteiger partial charge in [-0.25, -0.2) is 0 Å². The predicted octanol–water partition coefficient (Wildman–Crippen LogP) is 1.53. The maximum absolute atomic E-state index is 11.7. The van der Waals surface area contributed by atoms with Crippen molar-refractivity contribution >= 4 is 0 Å². The first-order valence-corrected chi connectivity index (χ1v) is 4.98. The molecule has 1 aliphatic rings. The van der Waals surface area contributed by atoms with E-state index in [9.17, 15) is 13.2 Å². The molecule has 0 aliphatic carbocycles. The zero-order chi connectivity index (χ0) is 10.6. The molecule has 0 aromatic rings. The van der Waals surface area contributed by atoms with E-state index < -0.39 is 12.7 Å². The van der Waals surface area contributed by atoms with Crippen LogP contribution in [-0.2, 0) is 0 Å². The lowest BCUT2D eigenvalue weighted by Crippen LogP contribution is -2.32. The van der Waals surface area contributed by atoms with Crippen molar-refractivity contribution in [2.24, 2.45) is 5.92 Å². The van der Waals surface area contributed by atoms with Crippen LogP contribution in [0.15, 0.2) is 0 Å². The number of halogens is 3. The number of alkyl halides is 3. The third-order valence-electron chi connectivity index (χ3n) is 2.44. The van der Waals surface area contributed by atoms with Crippen LogP contribution in [0.3, 0.4) is 0 Å². The molecule has 0 amide bonds. The van der Waals surface area contributed by atoms with Crippen LogP contribution in [0.1, 0.15) is 19.8 Å². The van der Waals surface area contributed by atoms with Gasteiger partial charge in [0.1, 0.15) is 0 Å². The van der Waals surface area contributed by atoms with Crippen LogP contribution in [0.25, 0.3) is 0 Å². The quantitative estimate of drug-likeness (QED) is 0.687. The molecule has 1 rings (SSSR count). The predicted molar refractivity (Wildman–Crippen MR) is 49.1 cm³/mol. The maximum Gasteiger partial charge on any atom is 0.401 e. The Kier molecular flexibility index (Phi) is 4.19. The number of hydrogen-bond acceptors (Lipinski definition) is 2. The molecule has 2 nitrogen and oxygen atoms in total. The summed E-state index contributed by atoms with van der Waals surface area (Å²) in [5, 5.41) is 5.68. The summed E-state index contributed by atoms with van der Waals surface area (Å²) >= 11 is 0. The van der Waals surface area contributed by atoms with Crippen LogP contribution in [0, 0.1) is 5.92 Å². The molecule has 1 aliphatic heterocycles. The van der Waals surface area contributed by atoms with Crippen molar-refractivity contribution in [1.82, 2.24) is 10.6 Å². The minimum absolute atomic E-state index is 0.394. The third kappa shape index (κ3) is 4.81. The highest BCUT2D eigenvalue weighted by Crippen LogP contribution is 2.15. The highest BCUT2D eigenvalue weighted by Gasteiger charge is 2.26. The van der Waals surface area contributed by atoms with Gasteiger partial charge in [-0.05, 0) is 31.8 Å². The summed E-state index contributed by atoms with van der Waals surface area (Å²) in [5.41, 5.74) is 0. The molecule has 0 aromatic heterocycles. The SMILES string of the molecule is CC1CNC(CCNCC(F)(F)F)C1. The van der Waals surface area contributed by atoms with E-state index in [0.717, 1.165) is 19.4 Å². The van der Waals surface area contributed by atoms with Gasteiger partial charge in [0.05, 0.1) is 6.54 Å². The molecule has 1 heterocycles. The van der Waals surface area contributed by atoms with Crippen LogP contribution in [0.5, 0.6) is 0 Å². The molecule has 2 atom stereocenters. The maximum atomic E-state index is 11.7. The first kappa shape index (κ1) is 11.8. The minimum Gasteiger partial charge on any atom is -0.314 e. The van der Waals surface area contributed by atoms with E-state index >= 15 is 0 Å². The fraction of sp³-hybridized carbons (Fsp3) is 1.00. The van der Waals surface area contributed by atoms with Crippen LogP contribution in [0.4, 0.5) is 13.2 Å². The first-order chi connectivity index (χ1) is 6.47. The average Bonchev–Trinajstić information content (AvgIpc) is 2.44. The summed E-state index contributed by atoms with van der Waals surface area (Å²) in [4.78, 5) is 0. The third-order valence-corrected chi connectivity index (χ3v) is 2.44. The molecule has 1 fully saturated rings. The molecular formula is C9H17F3N2. The monoisotopic (exact) mass is 210 g/mol. The van der Waals surface area contributed by atoms with Crippen molar-refractivity contribution in [3.8, 4) is 0 Å². The lowest BCUT2D eigenvalue weighted by molar-refractivity contribution is -0.124. The molecule has 5 heteroatoms. The van der Waals surface area contributed by atoms with Crippen molar-refractivity contribution in [3.05, 3.63) is 0 Å². The second-order valence-electron chi connectivity index (χ2n) is 4.03. The minimum atomic E-state index is -4.09. The second kappa shape index (κ2) is 4.98. The van der Waals surface area contributed by atoms with E-state index in [4.69, 9.17) is 0 Å². The van der Waals surface area contributed by atoms with Crippen molar-refractivity contribution in [2.75, 3.05) is 19.6 Å². The Morgan fingerprint density at radius 1 is 1.43 bits per heavy atom. The zero-order valence-electron chi connectivity index (χ0n) is 8.32. The van der Waals surface area contributed by atoms with Gasteiger partial charge in [-0.2, -0.15) is 13.2 Å². The number of hydrogen-bond donors (Lipinski definition) is 2. The summed E-state index contributed by atoms with van der Waals surface area (Å²) in [6, 6.07) is 0.394. The Labute approximate surface area is 82.2 Å². The van der Waals surface area contributed by atoms with Gasteiger partial charge in [0.2, 0.25) is 0 Å². The van der Waals surface area contributed by atoms with E-state index in [1.54, 1.807) is 0 Å². The van der Waals surface area contributed by atoms with E-state index in [0.29, 0.717) is 18.5 Å². The molecule has 0 spiro atoms. The Balaban J connectivity index is 1.99. The van der Waals surface area contributed by atoms with Crippen molar-refractivity contribution < 1.29 is 13.2 Å². The van der Waals surface area contributed by atoms with Crippen LogP contribution >= 0.6 is 0 Å². The van der Waals surface area contributed by atoms with Gasteiger partial charge >= 0.3 is 6.18 Å². The molecule has 1 saturated heterocycles. The highest BCUT2D eigenvalue weighted by atomic mass is 19.4. The molecular weight excluding hydrogens is 193 g/mol. The van der Waals surface area contributed by atoms with Crippen molar-refractivity contribution in [2.45, 2.75) is 32.0 Å².